The fourth-order valence-electron chi connectivity index (χ4n) is 1.94. The molecule has 0 aliphatic rings. The summed E-state index contributed by atoms with van der Waals surface area (Å²) >= 11 is 0. The van der Waals surface area contributed by atoms with Crippen LogP contribution < -0.4 is 10.6 Å². The van der Waals surface area contributed by atoms with E-state index in [0.29, 0.717) is 5.56 Å². The first-order chi connectivity index (χ1) is 10.0. The molecule has 116 valence electrons. The fraction of sp³-hybridized carbons (Fsp3) is 0.500. The molecular weight excluding hydrogens is 268 g/mol. The maximum atomic E-state index is 12.4. The summed E-state index contributed by atoms with van der Waals surface area (Å²) in [4.78, 5) is 24.1. The van der Waals surface area contributed by atoms with Crippen LogP contribution in [0.3, 0.4) is 0 Å². The van der Waals surface area contributed by atoms with Crippen molar-refractivity contribution in [1.82, 2.24) is 5.32 Å². The summed E-state index contributed by atoms with van der Waals surface area (Å²) in [7, 11) is 1.32. The number of para-hydroxylation sites is 1. The third-order valence-electron chi connectivity index (χ3n) is 3.15. The number of anilines is 1. The van der Waals surface area contributed by atoms with E-state index in [4.69, 9.17) is 4.74 Å². The number of amides is 1. The van der Waals surface area contributed by atoms with Crippen molar-refractivity contribution < 1.29 is 14.3 Å². The van der Waals surface area contributed by atoms with Crippen LogP contribution in [0.25, 0.3) is 0 Å². The van der Waals surface area contributed by atoms with Gasteiger partial charge in [-0.3, -0.25) is 4.79 Å². The summed E-state index contributed by atoms with van der Waals surface area (Å²) in [6, 6.07) is 6.61. The van der Waals surface area contributed by atoms with Gasteiger partial charge in [0.25, 0.3) is 5.91 Å². The van der Waals surface area contributed by atoms with E-state index in [1.165, 1.54) is 7.11 Å². The summed E-state index contributed by atoms with van der Waals surface area (Å²) in [5, 5.41) is 5.96. The van der Waals surface area contributed by atoms with Gasteiger partial charge in [0, 0.05) is 12.2 Å². The first-order valence-corrected chi connectivity index (χ1v) is 7.22. The second-order valence-electron chi connectivity index (χ2n) is 5.19. The molecule has 0 saturated heterocycles. The molecule has 5 heteroatoms. The van der Waals surface area contributed by atoms with Crippen LogP contribution in [0.15, 0.2) is 24.3 Å². The highest BCUT2D eigenvalue weighted by Gasteiger charge is 2.26. The quantitative estimate of drug-likeness (QED) is 0.757. The summed E-state index contributed by atoms with van der Waals surface area (Å²) in [5.74, 6) is -0.757. The van der Waals surface area contributed by atoms with Crippen LogP contribution in [0.5, 0.6) is 0 Å². The molecular formula is C16H24N2O3. The Bertz CT molecular complexity index is 486. The van der Waals surface area contributed by atoms with Crippen molar-refractivity contribution in [3.05, 3.63) is 29.8 Å². The van der Waals surface area contributed by atoms with Crippen molar-refractivity contribution in [1.29, 1.82) is 0 Å². The number of benzene rings is 1. The first kappa shape index (κ1) is 17.0. The molecule has 1 rings (SSSR count). The maximum absolute atomic E-state index is 12.4. The molecule has 0 bridgehead atoms. The van der Waals surface area contributed by atoms with Crippen LogP contribution in [-0.4, -0.2) is 31.6 Å². The van der Waals surface area contributed by atoms with Gasteiger partial charge in [0.2, 0.25) is 0 Å². The molecule has 0 spiro atoms. The molecule has 1 aromatic carbocycles. The second-order valence-corrected chi connectivity index (χ2v) is 5.19. The van der Waals surface area contributed by atoms with Crippen molar-refractivity contribution in [3.63, 3.8) is 0 Å². The Morgan fingerprint density at radius 3 is 2.48 bits per heavy atom. The molecule has 0 aliphatic carbocycles. The standard InChI is InChI=1S/C16H24N2O3/c1-5-10-17-13-9-7-6-8-12(13)15(19)18-14(11(2)3)16(20)21-4/h6-9,11,14,17H,5,10H2,1-4H3,(H,18,19). The van der Waals surface area contributed by atoms with E-state index < -0.39 is 12.0 Å². The highest BCUT2D eigenvalue weighted by molar-refractivity contribution is 6.01. The van der Waals surface area contributed by atoms with Gasteiger partial charge in [-0.25, -0.2) is 4.79 Å². The van der Waals surface area contributed by atoms with Crippen LogP contribution in [0.4, 0.5) is 5.69 Å². The topological polar surface area (TPSA) is 67.4 Å². The highest BCUT2D eigenvalue weighted by Crippen LogP contribution is 2.16. The summed E-state index contributed by atoms with van der Waals surface area (Å²) in [5.41, 5.74) is 1.30. The molecule has 0 aromatic heterocycles. The number of nitrogens with one attached hydrogen (secondary N) is 2. The molecule has 0 aliphatic heterocycles. The van der Waals surface area contributed by atoms with E-state index in [1.54, 1.807) is 12.1 Å². The second kappa shape index (κ2) is 8.29. The third-order valence-corrected chi connectivity index (χ3v) is 3.15. The Morgan fingerprint density at radius 1 is 1.24 bits per heavy atom. The Balaban J connectivity index is 2.90. The lowest BCUT2D eigenvalue weighted by Crippen LogP contribution is -2.45. The number of rotatable bonds is 7. The Morgan fingerprint density at radius 2 is 1.90 bits per heavy atom. The van der Waals surface area contributed by atoms with Crippen LogP contribution >= 0.6 is 0 Å². The highest BCUT2D eigenvalue weighted by atomic mass is 16.5. The van der Waals surface area contributed by atoms with E-state index in [0.717, 1.165) is 18.7 Å². The SMILES string of the molecule is CCCNc1ccccc1C(=O)NC(C(=O)OC)C(C)C. The lowest BCUT2D eigenvalue weighted by Gasteiger charge is -2.20. The normalized spacial score (nSPS) is 11.9. The fourth-order valence-corrected chi connectivity index (χ4v) is 1.94. The van der Waals surface area contributed by atoms with E-state index in [9.17, 15) is 9.59 Å². The van der Waals surface area contributed by atoms with Crippen LogP contribution in [0, 0.1) is 5.92 Å². The number of carbonyl (C=O) groups is 2. The Labute approximate surface area is 126 Å². The molecule has 0 heterocycles. The number of esters is 1. The van der Waals surface area contributed by atoms with Gasteiger partial charge in [-0.2, -0.15) is 0 Å². The average Bonchev–Trinajstić information content (AvgIpc) is 2.49. The maximum Gasteiger partial charge on any atom is 0.328 e. The predicted octanol–water partition coefficient (Wildman–Crippen LogP) is 2.44. The molecule has 0 radical (unpaired) electrons. The van der Waals surface area contributed by atoms with E-state index in [-0.39, 0.29) is 11.8 Å². The van der Waals surface area contributed by atoms with Crippen LogP contribution in [0.2, 0.25) is 0 Å². The minimum absolute atomic E-state index is 0.0443. The monoisotopic (exact) mass is 292 g/mol. The number of hydrogen-bond donors (Lipinski definition) is 2. The van der Waals surface area contributed by atoms with Crippen molar-refractivity contribution in [2.45, 2.75) is 33.2 Å². The number of carbonyl (C=O) groups excluding carboxylic acids is 2. The summed E-state index contributed by atoms with van der Waals surface area (Å²) in [6.07, 6.45) is 0.965. The molecule has 1 aromatic rings. The smallest absolute Gasteiger partial charge is 0.328 e. The zero-order chi connectivity index (χ0) is 15.8. The lowest BCUT2D eigenvalue weighted by atomic mass is 10.0. The Hall–Kier alpha value is -2.04. The molecule has 0 fully saturated rings. The predicted molar refractivity (Wildman–Crippen MR) is 83.3 cm³/mol. The minimum Gasteiger partial charge on any atom is -0.467 e. The number of hydrogen-bond acceptors (Lipinski definition) is 4. The van der Waals surface area contributed by atoms with Crippen molar-refractivity contribution in [2.24, 2.45) is 5.92 Å². The van der Waals surface area contributed by atoms with Gasteiger partial charge >= 0.3 is 5.97 Å². The van der Waals surface area contributed by atoms with Gasteiger partial charge in [0.1, 0.15) is 6.04 Å². The molecule has 0 saturated carbocycles. The van der Waals surface area contributed by atoms with Gasteiger partial charge in [0.05, 0.1) is 12.7 Å². The first-order valence-electron chi connectivity index (χ1n) is 7.22. The van der Waals surface area contributed by atoms with Crippen molar-refractivity contribution in [2.75, 3.05) is 19.0 Å². The van der Waals surface area contributed by atoms with Gasteiger partial charge in [-0.15, -0.1) is 0 Å². The van der Waals surface area contributed by atoms with E-state index >= 15 is 0 Å². The van der Waals surface area contributed by atoms with Crippen LogP contribution in [0.1, 0.15) is 37.6 Å². The third kappa shape index (κ3) is 4.77. The van der Waals surface area contributed by atoms with Crippen LogP contribution in [-0.2, 0) is 9.53 Å². The average molecular weight is 292 g/mol. The molecule has 2 N–H and O–H groups in total. The summed E-state index contributed by atoms with van der Waals surface area (Å²) < 4.78 is 4.74. The lowest BCUT2D eigenvalue weighted by molar-refractivity contribution is -0.144. The number of methoxy groups -OCH3 is 1. The van der Waals surface area contributed by atoms with Gasteiger partial charge in [-0.1, -0.05) is 32.9 Å². The van der Waals surface area contributed by atoms with Gasteiger partial charge < -0.3 is 15.4 Å². The Kier molecular flexibility index (Phi) is 6.72. The molecule has 21 heavy (non-hydrogen) atoms. The zero-order valence-corrected chi connectivity index (χ0v) is 13.1. The molecule has 1 amide bonds. The van der Waals surface area contributed by atoms with E-state index in [2.05, 4.69) is 17.6 Å². The largest absolute Gasteiger partial charge is 0.467 e. The molecule has 5 nitrogen and oxygen atoms in total. The molecule has 1 unspecified atom stereocenters. The van der Waals surface area contributed by atoms with E-state index in [1.807, 2.05) is 26.0 Å². The molecule has 1 atom stereocenters. The van der Waals surface area contributed by atoms with Crippen molar-refractivity contribution >= 4 is 17.6 Å². The van der Waals surface area contributed by atoms with Gasteiger partial charge in [-0.05, 0) is 24.5 Å². The van der Waals surface area contributed by atoms with Crippen molar-refractivity contribution in [3.8, 4) is 0 Å². The summed E-state index contributed by atoms with van der Waals surface area (Å²) in [6.45, 7) is 6.57. The zero-order valence-electron chi connectivity index (χ0n) is 13.1. The number of ether oxygens (including phenoxy) is 1. The minimum atomic E-state index is -0.651. The van der Waals surface area contributed by atoms with Gasteiger partial charge in [0.15, 0.2) is 0 Å².